The van der Waals surface area contributed by atoms with Crippen LogP contribution >= 0.6 is 0 Å². The highest BCUT2D eigenvalue weighted by Crippen LogP contribution is 2.12. The summed E-state index contributed by atoms with van der Waals surface area (Å²) >= 11 is 0. The number of benzene rings is 1. The van der Waals surface area contributed by atoms with E-state index in [1.165, 1.54) is 0 Å². The van der Waals surface area contributed by atoms with Crippen molar-refractivity contribution in [2.45, 2.75) is 13.2 Å². The zero-order chi connectivity index (χ0) is 14.2. The van der Waals surface area contributed by atoms with Gasteiger partial charge >= 0.3 is 0 Å². The fourth-order valence-electron chi connectivity index (χ4n) is 1.77. The lowest BCUT2D eigenvalue weighted by atomic mass is 10.2. The SMILES string of the molecule is CNCC(=O)Nc1cccc(COCc2ccco2)c1. The highest BCUT2D eigenvalue weighted by atomic mass is 16.5. The Morgan fingerprint density at radius 1 is 1.25 bits per heavy atom. The van der Waals surface area contributed by atoms with Crippen molar-refractivity contribution in [3.05, 3.63) is 54.0 Å². The molecule has 0 bridgehead atoms. The maximum absolute atomic E-state index is 11.5. The molecule has 0 aliphatic heterocycles. The Morgan fingerprint density at radius 3 is 2.90 bits per heavy atom. The van der Waals surface area contributed by atoms with E-state index in [-0.39, 0.29) is 5.91 Å². The maximum Gasteiger partial charge on any atom is 0.238 e. The molecule has 1 aromatic heterocycles. The average Bonchev–Trinajstić information content (AvgIpc) is 2.92. The van der Waals surface area contributed by atoms with Crippen molar-refractivity contribution in [1.29, 1.82) is 0 Å². The first-order valence-corrected chi connectivity index (χ1v) is 6.41. The minimum absolute atomic E-state index is 0.0684. The maximum atomic E-state index is 11.5. The number of ether oxygens (including phenoxy) is 1. The monoisotopic (exact) mass is 274 g/mol. The van der Waals surface area contributed by atoms with E-state index >= 15 is 0 Å². The van der Waals surface area contributed by atoms with Gasteiger partial charge in [0, 0.05) is 5.69 Å². The number of likely N-dealkylation sites (N-methyl/N-ethyl adjacent to an activating group) is 1. The van der Waals surface area contributed by atoms with Gasteiger partial charge in [0.05, 0.1) is 19.4 Å². The third-order valence-electron chi connectivity index (χ3n) is 2.64. The zero-order valence-corrected chi connectivity index (χ0v) is 11.4. The van der Waals surface area contributed by atoms with Crippen molar-refractivity contribution < 1.29 is 13.9 Å². The third-order valence-corrected chi connectivity index (χ3v) is 2.64. The quantitative estimate of drug-likeness (QED) is 0.812. The number of hydrogen-bond acceptors (Lipinski definition) is 4. The van der Waals surface area contributed by atoms with E-state index in [4.69, 9.17) is 9.15 Å². The highest BCUT2D eigenvalue weighted by molar-refractivity contribution is 5.92. The standard InChI is InChI=1S/C15H18N2O3/c1-16-9-15(18)17-13-5-2-4-12(8-13)10-19-11-14-6-3-7-20-14/h2-8,16H,9-11H2,1H3,(H,17,18). The number of anilines is 1. The van der Waals surface area contributed by atoms with Crippen LogP contribution in [-0.4, -0.2) is 19.5 Å². The molecule has 2 rings (SSSR count). The molecule has 1 amide bonds. The van der Waals surface area contributed by atoms with Crippen LogP contribution < -0.4 is 10.6 Å². The second-order valence-electron chi connectivity index (χ2n) is 4.35. The van der Waals surface area contributed by atoms with Gasteiger partial charge in [0.15, 0.2) is 0 Å². The Balaban J connectivity index is 1.84. The number of furan rings is 1. The van der Waals surface area contributed by atoms with Crippen LogP contribution in [0.5, 0.6) is 0 Å². The number of hydrogen-bond donors (Lipinski definition) is 2. The molecule has 20 heavy (non-hydrogen) atoms. The van der Waals surface area contributed by atoms with Gasteiger partial charge < -0.3 is 19.8 Å². The fraction of sp³-hybridized carbons (Fsp3) is 0.267. The molecular weight excluding hydrogens is 256 g/mol. The van der Waals surface area contributed by atoms with E-state index in [1.54, 1.807) is 13.3 Å². The van der Waals surface area contributed by atoms with Crippen molar-refractivity contribution >= 4 is 11.6 Å². The first kappa shape index (κ1) is 14.3. The lowest BCUT2D eigenvalue weighted by Crippen LogP contribution is -2.25. The summed E-state index contributed by atoms with van der Waals surface area (Å²) in [6, 6.07) is 11.3. The van der Waals surface area contributed by atoms with Crippen molar-refractivity contribution in [2.24, 2.45) is 0 Å². The molecule has 106 valence electrons. The molecule has 1 heterocycles. The molecule has 0 fully saturated rings. The molecular formula is C15H18N2O3. The van der Waals surface area contributed by atoms with Crippen LogP contribution in [0.2, 0.25) is 0 Å². The van der Waals surface area contributed by atoms with Gasteiger partial charge in [0.1, 0.15) is 12.4 Å². The van der Waals surface area contributed by atoms with E-state index in [0.29, 0.717) is 19.8 Å². The predicted octanol–water partition coefficient (Wildman–Crippen LogP) is 2.15. The van der Waals surface area contributed by atoms with Gasteiger partial charge in [-0.3, -0.25) is 4.79 Å². The van der Waals surface area contributed by atoms with Crippen LogP contribution in [0.25, 0.3) is 0 Å². The van der Waals surface area contributed by atoms with E-state index in [9.17, 15) is 4.79 Å². The fourth-order valence-corrected chi connectivity index (χ4v) is 1.77. The molecule has 5 heteroatoms. The van der Waals surface area contributed by atoms with Crippen LogP contribution in [0, 0.1) is 0 Å². The average molecular weight is 274 g/mol. The number of rotatable bonds is 7. The zero-order valence-electron chi connectivity index (χ0n) is 11.4. The number of amides is 1. The summed E-state index contributed by atoms with van der Waals surface area (Å²) in [5.41, 5.74) is 1.77. The second kappa shape index (κ2) is 7.47. The molecule has 0 radical (unpaired) electrons. The van der Waals surface area contributed by atoms with Crippen molar-refractivity contribution in [3.8, 4) is 0 Å². The summed E-state index contributed by atoms with van der Waals surface area (Å²) in [6.45, 7) is 1.19. The minimum atomic E-state index is -0.0684. The van der Waals surface area contributed by atoms with Crippen LogP contribution in [0.4, 0.5) is 5.69 Å². The van der Waals surface area contributed by atoms with Gasteiger partial charge in [-0.2, -0.15) is 0 Å². The van der Waals surface area contributed by atoms with Gasteiger partial charge in [0.25, 0.3) is 0 Å². The van der Waals surface area contributed by atoms with E-state index < -0.39 is 0 Å². The Labute approximate surface area is 117 Å². The van der Waals surface area contributed by atoms with Crippen molar-refractivity contribution in [2.75, 3.05) is 18.9 Å². The topological polar surface area (TPSA) is 63.5 Å². The number of nitrogens with one attached hydrogen (secondary N) is 2. The summed E-state index contributed by atoms with van der Waals surface area (Å²) in [5.74, 6) is 0.727. The van der Waals surface area contributed by atoms with Crippen LogP contribution in [0.3, 0.4) is 0 Å². The summed E-state index contributed by atoms with van der Waals surface area (Å²) in [7, 11) is 1.73. The molecule has 2 aromatic rings. The molecule has 2 N–H and O–H groups in total. The summed E-state index contributed by atoms with van der Waals surface area (Å²) < 4.78 is 10.7. The summed E-state index contributed by atoms with van der Waals surface area (Å²) in [4.78, 5) is 11.5. The first-order valence-electron chi connectivity index (χ1n) is 6.41. The number of carbonyl (C=O) groups excluding carboxylic acids is 1. The third kappa shape index (κ3) is 4.53. The summed E-state index contributed by atoms with van der Waals surface area (Å²) in [6.07, 6.45) is 1.62. The lowest BCUT2D eigenvalue weighted by molar-refractivity contribution is -0.115. The van der Waals surface area contributed by atoms with Crippen LogP contribution in [0.15, 0.2) is 47.1 Å². The highest BCUT2D eigenvalue weighted by Gasteiger charge is 2.02. The molecule has 0 aliphatic rings. The molecule has 5 nitrogen and oxygen atoms in total. The molecule has 0 saturated heterocycles. The van der Waals surface area contributed by atoms with E-state index in [2.05, 4.69) is 10.6 Å². The number of carbonyl (C=O) groups is 1. The van der Waals surface area contributed by atoms with Crippen molar-refractivity contribution in [1.82, 2.24) is 5.32 Å². The minimum Gasteiger partial charge on any atom is -0.467 e. The molecule has 0 saturated carbocycles. The van der Waals surface area contributed by atoms with Crippen molar-refractivity contribution in [3.63, 3.8) is 0 Å². The lowest BCUT2D eigenvalue weighted by Gasteiger charge is -2.07. The Morgan fingerprint density at radius 2 is 2.15 bits per heavy atom. The summed E-state index contributed by atoms with van der Waals surface area (Å²) in [5, 5.41) is 5.62. The Kier molecular flexibility index (Phi) is 5.34. The normalized spacial score (nSPS) is 10.4. The van der Waals surface area contributed by atoms with E-state index in [0.717, 1.165) is 17.0 Å². The molecule has 1 aromatic carbocycles. The van der Waals surface area contributed by atoms with Gasteiger partial charge in [-0.15, -0.1) is 0 Å². The second-order valence-corrected chi connectivity index (χ2v) is 4.35. The first-order chi connectivity index (χ1) is 9.78. The molecule has 0 spiro atoms. The Bertz CT molecular complexity index is 538. The van der Waals surface area contributed by atoms with Gasteiger partial charge in [-0.25, -0.2) is 0 Å². The van der Waals surface area contributed by atoms with Crippen LogP contribution in [0.1, 0.15) is 11.3 Å². The van der Waals surface area contributed by atoms with Gasteiger partial charge in [-0.05, 0) is 36.9 Å². The molecule has 0 aliphatic carbocycles. The smallest absolute Gasteiger partial charge is 0.238 e. The molecule has 0 unspecified atom stereocenters. The Hall–Kier alpha value is -2.11. The van der Waals surface area contributed by atoms with Gasteiger partial charge in [-0.1, -0.05) is 12.1 Å². The van der Waals surface area contributed by atoms with Gasteiger partial charge in [0.2, 0.25) is 5.91 Å². The van der Waals surface area contributed by atoms with Crippen LogP contribution in [-0.2, 0) is 22.7 Å². The predicted molar refractivity (Wildman–Crippen MR) is 76.2 cm³/mol. The molecule has 0 atom stereocenters. The largest absolute Gasteiger partial charge is 0.467 e. The van der Waals surface area contributed by atoms with E-state index in [1.807, 2.05) is 36.4 Å².